The summed E-state index contributed by atoms with van der Waals surface area (Å²) < 4.78 is 5.65. The molecule has 4 heterocycles. The number of aliphatic imine (C=N–C) groups is 1. The Bertz CT molecular complexity index is 1110. The molecule has 184 valence electrons. The van der Waals surface area contributed by atoms with Crippen molar-refractivity contribution >= 4 is 24.3 Å². The number of piperazine rings is 1. The van der Waals surface area contributed by atoms with Gasteiger partial charge in [0.2, 0.25) is 0 Å². The fourth-order valence-electron chi connectivity index (χ4n) is 5.91. The lowest BCUT2D eigenvalue weighted by Crippen LogP contribution is -2.56. The number of allylic oxidation sites excluding steroid dienone is 3. The molecule has 0 radical (unpaired) electrons. The van der Waals surface area contributed by atoms with E-state index >= 15 is 0 Å². The van der Waals surface area contributed by atoms with E-state index in [1.807, 2.05) is 11.8 Å². The maximum Gasteiger partial charge on any atom is 0.252 e. The summed E-state index contributed by atoms with van der Waals surface area (Å²) in [4.78, 5) is 33.1. The number of aromatic nitrogens is 2. The zero-order chi connectivity index (χ0) is 24.6. The van der Waals surface area contributed by atoms with E-state index in [4.69, 9.17) is 14.7 Å². The van der Waals surface area contributed by atoms with Crippen LogP contribution >= 0.6 is 0 Å². The van der Waals surface area contributed by atoms with Gasteiger partial charge in [-0.3, -0.25) is 4.79 Å². The minimum Gasteiger partial charge on any atom is -0.368 e. The lowest BCUT2D eigenvalue weighted by Gasteiger charge is -2.44. The fraction of sp³-hybridized carbons (Fsp3) is 0.577. The molecule has 2 unspecified atom stereocenters. The number of nitrogens with zero attached hydrogens (tertiary/aromatic N) is 7. The highest BCUT2D eigenvalue weighted by molar-refractivity contribution is 5.82. The fourth-order valence-corrected chi connectivity index (χ4v) is 5.91. The summed E-state index contributed by atoms with van der Waals surface area (Å²) in [5.41, 5.74) is 1.69. The number of hydrogen-bond donors (Lipinski definition) is 0. The van der Waals surface area contributed by atoms with E-state index in [0.29, 0.717) is 24.5 Å². The first kappa shape index (κ1) is 23.5. The van der Waals surface area contributed by atoms with Crippen molar-refractivity contribution in [3.63, 3.8) is 0 Å². The average Bonchev–Trinajstić information content (AvgIpc) is 3.51. The van der Waals surface area contributed by atoms with Crippen molar-refractivity contribution in [1.82, 2.24) is 14.9 Å². The second-order valence-corrected chi connectivity index (χ2v) is 9.96. The zero-order valence-electron chi connectivity index (χ0n) is 20.6. The molecular weight excluding hydrogens is 442 g/mol. The lowest BCUT2D eigenvalue weighted by atomic mass is 9.66. The van der Waals surface area contributed by atoms with Gasteiger partial charge in [-0.25, -0.2) is 15.0 Å². The molecule has 4 aliphatic rings. The van der Waals surface area contributed by atoms with Gasteiger partial charge >= 0.3 is 0 Å². The van der Waals surface area contributed by atoms with Crippen molar-refractivity contribution in [2.24, 2.45) is 4.99 Å². The molecule has 2 saturated heterocycles. The van der Waals surface area contributed by atoms with E-state index in [9.17, 15) is 10.1 Å². The average molecular weight is 476 g/mol. The number of anilines is 2. The van der Waals surface area contributed by atoms with Crippen LogP contribution in [0.25, 0.3) is 0 Å². The van der Waals surface area contributed by atoms with E-state index in [0.717, 1.165) is 57.0 Å². The van der Waals surface area contributed by atoms with Gasteiger partial charge in [-0.1, -0.05) is 12.5 Å². The number of nitriles is 1. The zero-order valence-corrected chi connectivity index (χ0v) is 20.6. The van der Waals surface area contributed by atoms with Crippen LogP contribution in [0.3, 0.4) is 0 Å². The van der Waals surface area contributed by atoms with E-state index in [1.165, 1.54) is 12.0 Å². The Balaban J connectivity index is 1.44. The lowest BCUT2D eigenvalue weighted by molar-refractivity contribution is -0.143. The molecule has 3 aliphatic heterocycles. The molecule has 0 bridgehead atoms. The quantitative estimate of drug-likeness (QED) is 0.367. The summed E-state index contributed by atoms with van der Waals surface area (Å²) >= 11 is 0. The Morgan fingerprint density at radius 1 is 1.31 bits per heavy atom. The van der Waals surface area contributed by atoms with Crippen LogP contribution in [-0.4, -0.2) is 72.4 Å². The highest BCUT2D eigenvalue weighted by atomic mass is 16.5. The van der Waals surface area contributed by atoms with Gasteiger partial charge in [0.15, 0.2) is 0 Å². The molecule has 2 atom stereocenters. The van der Waals surface area contributed by atoms with Gasteiger partial charge in [0.05, 0.1) is 11.6 Å². The van der Waals surface area contributed by atoms with Crippen molar-refractivity contribution in [2.45, 2.75) is 63.5 Å². The Kier molecular flexibility index (Phi) is 6.32. The molecule has 9 nitrogen and oxygen atoms in total. The molecule has 1 saturated carbocycles. The van der Waals surface area contributed by atoms with Crippen molar-refractivity contribution in [2.75, 3.05) is 42.6 Å². The van der Waals surface area contributed by atoms with Crippen LogP contribution in [0, 0.1) is 11.3 Å². The van der Waals surface area contributed by atoms with Crippen LogP contribution in [0.1, 0.15) is 51.5 Å². The molecule has 0 aromatic carbocycles. The van der Waals surface area contributed by atoms with Gasteiger partial charge in [-0.2, -0.15) is 5.26 Å². The summed E-state index contributed by atoms with van der Waals surface area (Å²) in [6.07, 6.45) is 9.96. The minimum atomic E-state index is -0.286. The largest absolute Gasteiger partial charge is 0.368 e. The number of fused-ring (bicyclic) bond motifs is 2. The number of carbonyl (C=O) groups excluding carboxylic acids is 1. The molecule has 9 heteroatoms. The number of ether oxygens (including phenoxy) is 1. The third kappa shape index (κ3) is 4.00. The Morgan fingerprint density at radius 3 is 2.71 bits per heavy atom. The molecule has 35 heavy (non-hydrogen) atoms. The standard InChI is InChI=1S/C26H33N7O2/c1-4-19(14-27)13-21(28-3)33-16-26(8-6-9-26)22-23(29-17-30-24(22)33)31-10-11-32(18(2)15-31)25(34)20-7-5-12-35-20/h4,13,17-18,20H,3,5-12,15-16H2,1-2H3/b19-4+,21-13+. The van der Waals surface area contributed by atoms with Crippen molar-refractivity contribution in [3.05, 3.63) is 35.4 Å². The monoisotopic (exact) mass is 475 g/mol. The highest BCUT2D eigenvalue weighted by Gasteiger charge is 2.51. The van der Waals surface area contributed by atoms with Crippen LogP contribution in [0.2, 0.25) is 0 Å². The Morgan fingerprint density at radius 2 is 2.11 bits per heavy atom. The summed E-state index contributed by atoms with van der Waals surface area (Å²) in [5.74, 6) is 2.57. The van der Waals surface area contributed by atoms with Crippen molar-refractivity contribution in [1.29, 1.82) is 5.26 Å². The first-order valence-electron chi connectivity index (χ1n) is 12.6. The Hall–Kier alpha value is -3.25. The molecule has 1 spiro atoms. The van der Waals surface area contributed by atoms with Crippen LogP contribution in [-0.2, 0) is 14.9 Å². The van der Waals surface area contributed by atoms with Crippen LogP contribution in [0.15, 0.2) is 34.9 Å². The number of carbonyl (C=O) groups is 1. The summed E-state index contributed by atoms with van der Waals surface area (Å²) in [6.45, 7) is 11.3. The first-order valence-corrected chi connectivity index (χ1v) is 12.6. The molecular formula is C26H33N7O2. The minimum absolute atomic E-state index is 0.0215. The molecule has 1 aromatic heterocycles. The van der Waals surface area contributed by atoms with Crippen molar-refractivity contribution < 1.29 is 9.53 Å². The van der Waals surface area contributed by atoms with E-state index in [1.54, 1.807) is 18.5 Å². The second-order valence-electron chi connectivity index (χ2n) is 9.96. The van der Waals surface area contributed by atoms with Gasteiger partial charge in [0.25, 0.3) is 5.91 Å². The highest BCUT2D eigenvalue weighted by Crippen LogP contribution is 2.55. The molecule has 1 aliphatic carbocycles. The van der Waals surface area contributed by atoms with E-state index in [-0.39, 0.29) is 23.5 Å². The number of hydrogen-bond acceptors (Lipinski definition) is 8. The van der Waals surface area contributed by atoms with Gasteiger partial charge in [0.1, 0.15) is 29.9 Å². The predicted octanol–water partition coefficient (Wildman–Crippen LogP) is 2.95. The van der Waals surface area contributed by atoms with Gasteiger partial charge in [0, 0.05) is 49.8 Å². The molecule has 1 amide bonds. The van der Waals surface area contributed by atoms with Gasteiger partial charge < -0.3 is 19.4 Å². The van der Waals surface area contributed by atoms with Crippen LogP contribution in [0.5, 0.6) is 0 Å². The molecule has 5 rings (SSSR count). The third-order valence-corrected chi connectivity index (χ3v) is 7.94. The normalized spacial score (nSPS) is 25.9. The summed E-state index contributed by atoms with van der Waals surface area (Å²) in [7, 11) is 0. The Labute approximate surface area is 206 Å². The number of rotatable bonds is 5. The first-order chi connectivity index (χ1) is 17.0. The maximum atomic E-state index is 13.0. The topological polar surface area (TPSA) is 98.0 Å². The van der Waals surface area contributed by atoms with E-state index < -0.39 is 0 Å². The summed E-state index contributed by atoms with van der Waals surface area (Å²) in [5, 5.41) is 9.43. The van der Waals surface area contributed by atoms with E-state index in [2.05, 4.69) is 34.5 Å². The molecule has 1 aromatic rings. The third-order valence-electron chi connectivity index (χ3n) is 7.94. The van der Waals surface area contributed by atoms with Crippen molar-refractivity contribution in [3.8, 4) is 6.07 Å². The van der Waals surface area contributed by atoms with Gasteiger partial charge in [-0.05, 0) is 52.3 Å². The smallest absolute Gasteiger partial charge is 0.252 e. The second kappa shape index (κ2) is 9.42. The maximum absolute atomic E-state index is 13.0. The van der Waals surface area contributed by atoms with Gasteiger partial charge in [-0.15, -0.1) is 0 Å². The predicted molar refractivity (Wildman–Crippen MR) is 134 cm³/mol. The van der Waals surface area contributed by atoms with Crippen LogP contribution in [0.4, 0.5) is 11.6 Å². The van der Waals surface area contributed by atoms with Crippen LogP contribution < -0.4 is 9.80 Å². The summed E-state index contributed by atoms with van der Waals surface area (Å²) in [6, 6.07) is 2.27. The number of amides is 1. The molecule has 3 fully saturated rings. The molecule has 0 N–H and O–H groups in total. The SMILES string of the molecule is C=N/C(=C\C(C#N)=C/C)N1CC2(CCC2)c2c(N3CCN(C(=O)C4CCCO4)C(C)C3)ncnc21.